The molecule has 0 unspecified atom stereocenters. The Kier molecular flexibility index (Phi) is 5.66. The van der Waals surface area contributed by atoms with E-state index in [0.29, 0.717) is 30.8 Å². The van der Waals surface area contributed by atoms with Gasteiger partial charge in [0.25, 0.3) is 0 Å². The molecule has 0 amide bonds. The molecule has 16 heavy (non-hydrogen) atoms. The van der Waals surface area contributed by atoms with Gasteiger partial charge in [0.1, 0.15) is 11.8 Å². The van der Waals surface area contributed by atoms with Crippen LogP contribution in [0.3, 0.4) is 0 Å². The number of aryl methyl sites for hydroxylation is 1. The van der Waals surface area contributed by atoms with Gasteiger partial charge in [0.05, 0.1) is 19.3 Å². The zero-order valence-electron chi connectivity index (χ0n) is 9.86. The maximum atomic E-state index is 5.80. The molecule has 0 spiro atoms. The average Bonchev–Trinajstić information content (AvgIpc) is 2.15. The fourth-order valence-electron chi connectivity index (χ4n) is 1.16. The van der Waals surface area contributed by atoms with Gasteiger partial charge in [-0.3, -0.25) is 0 Å². The predicted octanol–water partition coefficient (Wildman–Crippen LogP) is 2.38. The number of hydrogen-bond donors (Lipinski definition) is 0. The van der Waals surface area contributed by atoms with Gasteiger partial charge in [-0.05, 0) is 26.8 Å². The molecular formula is C11H17ClN2O2. The first-order valence-corrected chi connectivity index (χ1v) is 5.65. The van der Waals surface area contributed by atoms with Crippen LogP contribution in [0.2, 0.25) is 5.15 Å². The van der Waals surface area contributed by atoms with Gasteiger partial charge in [-0.25, -0.2) is 9.97 Å². The monoisotopic (exact) mass is 244 g/mol. The van der Waals surface area contributed by atoms with Crippen molar-refractivity contribution in [2.75, 3.05) is 13.2 Å². The maximum Gasteiger partial charge on any atom is 0.155 e. The number of nitrogens with zero attached hydrogens (tertiary/aromatic N) is 2. The summed E-state index contributed by atoms with van der Waals surface area (Å²) in [5, 5.41) is 0.449. The highest BCUT2D eigenvalue weighted by Gasteiger charge is 2.01. The van der Waals surface area contributed by atoms with Crippen LogP contribution in [-0.2, 0) is 16.1 Å². The molecule has 0 bridgehead atoms. The normalized spacial score (nSPS) is 11.1. The van der Waals surface area contributed by atoms with Crippen molar-refractivity contribution in [3.63, 3.8) is 0 Å². The zero-order chi connectivity index (χ0) is 12.0. The van der Waals surface area contributed by atoms with Gasteiger partial charge in [-0.15, -0.1) is 0 Å². The summed E-state index contributed by atoms with van der Waals surface area (Å²) in [6.45, 7) is 7.33. The van der Waals surface area contributed by atoms with Crippen molar-refractivity contribution in [1.29, 1.82) is 0 Å². The molecule has 90 valence electrons. The van der Waals surface area contributed by atoms with E-state index >= 15 is 0 Å². The standard InChI is InChI=1S/C11H17ClN2O2/c1-8(2)16-5-4-15-7-11-13-9(3)6-10(12)14-11/h6,8H,4-5,7H2,1-3H3. The minimum absolute atomic E-state index is 0.230. The van der Waals surface area contributed by atoms with Gasteiger partial charge in [0.15, 0.2) is 5.82 Å². The number of rotatable bonds is 6. The van der Waals surface area contributed by atoms with E-state index in [0.717, 1.165) is 5.69 Å². The molecular weight excluding hydrogens is 228 g/mol. The Balaban J connectivity index is 2.26. The molecule has 1 aromatic heterocycles. The first kappa shape index (κ1) is 13.4. The fraction of sp³-hybridized carbons (Fsp3) is 0.636. The second-order valence-corrected chi connectivity index (χ2v) is 4.11. The van der Waals surface area contributed by atoms with Crippen LogP contribution in [0.5, 0.6) is 0 Å². The molecule has 0 aromatic carbocycles. The quantitative estimate of drug-likeness (QED) is 0.569. The van der Waals surface area contributed by atoms with Crippen LogP contribution in [0.4, 0.5) is 0 Å². The number of aromatic nitrogens is 2. The fourth-order valence-corrected chi connectivity index (χ4v) is 1.41. The number of halogens is 1. The van der Waals surface area contributed by atoms with Gasteiger partial charge in [-0.1, -0.05) is 11.6 Å². The SMILES string of the molecule is Cc1cc(Cl)nc(COCCOC(C)C)n1. The van der Waals surface area contributed by atoms with E-state index in [9.17, 15) is 0 Å². The van der Waals surface area contributed by atoms with Gasteiger partial charge >= 0.3 is 0 Å². The van der Waals surface area contributed by atoms with Gasteiger partial charge in [0.2, 0.25) is 0 Å². The first-order chi connectivity index (χ1) is 7.58. The van der Waals surface area contributed by atoms with Crippen LogP contribution in [-0.4, -0.2) is 29.3 Å². The Morgan fingerprint density at radius 3 is 2.69 bits per heavy atom. The lowest BCUT2D eigenvalue weighted by Crippen LogP contribution is -2.10. The summed E-state index contributed by atoms with van der Waals surface area (Å²) in [4.78, 5) is 8.26. The third-order valence-corrected chi connectivity index (χ3v) is 1.97. The number of ether oxygens (including phenoxy) is 2. The lowest BCUT2D eigenvalue weighted by molar-refractivity contribution is 0.0127. The van der Waals surface area contributed by atoms with E-state index in [1.807, 2.05) is 20.8 Å². The summed E-state index contributed by atoms with van der Waals surface area (Å²) in [7, 11) is 0. The highest BCUT2D eigenvalue weighted by Crippen LogP contribution is 2.06. The molecule has 4 nitrogen and oxygen atoms in total. The molecule has 0 aliphatic heterocycles. The van der Waals surface area contributed by atoms with Crippen molar-refractivity contribution >= 4 is 11.6 Å². The van der Waals surface area contributed by atoms with Crippen LogP contribution in [0.1, 0.15) is 25.4 Å². The van der Waals surface area contributed by atoms with Crippen molar-refractivity contribution in [3.05, 3.63) is 22.7 Å². The van der Waals surface area contributed by atoms with Gasteiger partial charge in [0, 0.05) is 5.69 Å². The Morgan fingerprint density at radius 1 is 1.31 bits per heavy atom. The molecule has 1 aromatic rings. The van der Waals surface area contributed by atoms with E-state index < -0.39 is 0 Å². The molecule has 0 saturated heterocycles. The van der Waals surface area contributed by atoms with E-state index in [1.54, 1.807) is 6.07 Å². The van der Waals surface area contributed by atoms with E-state index in [1.165, 1.54) is 0 Å². The van der Waals surface area contributed by atoms with Crippen molar-refractivity contribution in [2.24, 2.45) is 0 Å². The lowest BCUT2D eigenvalue weighted by Gasteiger charge is -2.07. The maximum absolute atomic E-state index is 5.80. The third kappa shape index (κ3) is 5.39. The average molecular weight is 245 g/mol. The van der Waals surface area contributed by atoms with Crippen molar-refractivity contribution in [3.8, 4) is 0 Å². The molecule has 0 radical (unpaired) electrons. The minimum atomic E-state index is 0.230. The largest absolute Gasteiger partial charge is 0.376 e. The third-order valence-electron chi connectivity index (χ3n) is 1.78. The zero-order valence-corrected chi connectivity index (χ0v) is 10.6. The molecule has 0 saturated carbocycles. The Hall–Kier alpha value is -0.710. The molecule has 0 fully saturated rings. The molecule has 0 N–H and O–H groups in total. The van der Waals surface area contributed by atoms with Crippen LogP contribution < -0.4 is 0 Å². The Morgan fingerprint density at radius 2 is 2.06 bits per heavy atom. The van der Waals surface area contributed by atoms with Crippen molar-refractivity contribution in [1.82, 2.24) is 9.97 Å². The summed E-state index contributed by atoms with van der Waals surface area (Å²) in [6.07, 6.45) is 0.230. The molecule has 0 aliphatic rings. The first-order valence-electron chi connectivity index (χ1n) is 5.27. The number of hydrogen-bond acceptors (Lipinski definition) is 4. The van der Waals surface area contributed by atoms with E-state index in [-0.39, 0.29) is 6.10 Å². The second kappa shape index (κ2) is 6.78. The highest BCUT2D eigenvalue weighted by molar-refractivity contribution is 6.29. The summed E-state index contributed by atoms with van der Waals surface area (Å²) in [6, 6.07) is 1.72. The summed E-state index contributed by atoms with van der Waals surface area (Å²) < 4.78 is 10.7. The van der Waals surface area contributed by atoms with Crippen molar-refractivity contribution in [2.45, 2.75) is 33.5 Å². The summed E-state index contributed by atoms with van der Waals surface area (Å²) in [5.74, 6) is 0.606. The van der Waals surface area contributed by atoms with Crippen LogP contribution in [0.15, 0.2) is 6.07 Å². The van der Waals surface area contributed by atoms with Crippen LogP contribution >= 0.6 is 11.6 Å². The van der Waals surface area contributed by atoms with E-state index in [2.05, 4.69) is 9.97 Å². The summed E-state index contributed by atoms with van der Waals surface area (Å²) >= 11 is 5.80. The van der Waals surface area contributed by atoms with Crippen molar-refractivity contribution < 1.29 is 9.47 Å². The van der Waals surface area contributed by atoms with Crippen LogP contribution in [0.25, 0.3) is 0 Å². The molecule has 0 atom stereocenters. The van der Waals surface area contributed by atoms with E-state index in [4.69, 9.17) is 21.1 Å². The topological polar surface area (TPSA) is 44.2 Å². The Bertz CT molecular complexity index is 312. The second-order valence-electron chi connectivity index (χ2n) is 3.72. The molecule has 1 heterocycles. The lowest BCUT2D eigenvalue weighted by atomic mass is 10.4. The van der Waals surface area contributed by atoms with Crippen LogP contribution in [0, 0.1) is 6.92 Å². The predicted molar refractivity (Wildman–Crippen MR) is 62.5 cm³/mol. The summed E-state index contributed by atoms with van der Waals surface area (Å²) in [5.41, 5.74) is 0.844. The Labute approximate surface area is 101 Å². The van der Waals surface area contributed by atoms with Gasteiger partial charge < -0.3 is 9.47 Å². The molecule has 5 heteroatoms. The highest BCUT2D eigenvalue weighted by atomic mass is 35.5. The smallest absolute Gasteiger partial charge is 0.155 e. The molecule has 1 rings (SSSR count). The van der Waals surface area contributed by atoms with Gasteiger partial charge in [-0.2, -0.15) is 0 Å². The minimum Gasteiger partial charge on any atom is -0.376 e. The molecule has 0 aliphatic carbocycles.